The van der Waals surface area contributed by atoms with Gasteiger partial charge in [0.2, 0.25) is 0 Å². The molecular weight excluding hydrogens is 270 g/mol. The Labute approximate surface area is 128 Å². The molecule has 21 heavy (non-hydrogen) atoms. The van der Waals surface area contributed by atoms with Gasteiger partial charge in [-0.3, -0.25) is 4.90 Å². The number of carbonyl (C=O) groups excluding carboxylic acids is 1. The first-order chi connectivity index (χ1) is 9.99. The average molecular weight is 301 g/mol. The predicted molar refractivity (Wildman–Crippen MR) is 83.6 cm³/mol. The summed E-state index contributed by atoms with van der Waals surface area (Å²) in [7, 11) is 0. The number of amides is 2. The van der Waals surface area contributed by atoms with E-state index in [9.17, 15) is 4.79 Å². The Hall–Kier alpha value is -0.850. The zero-order valence-electron chi connectivity index (χ0n) is 13.9. The van der Waals surface area contributed by atoms with Gasteiger partial charge in [-0.25, -0.2) is 4.79 Å². The summed E-state index contributed by atoms with van der Waals surface area (Å²) in [6.45, 7) is 14.5. The monoisotopic (exact) mass is 301 g/mol. The van der Waals surface area contributed by atoms with Crippen LogP contribution in [-0.2, 0) is 9.47 Å². The van der Waals surface area contributed by atoms with Crippen molar-refractivity contribution in [2.24, 2.45) is 0 Å². The fraction of sp³-hybridized carbons (Fsp3) is 0.933. The van der Waals surface area contributed by atoms with E-state index in [0.717, 1.165) is 39.3 Å². The molecule has 1 fully saturated rings. The molecule has 0 bridgehead atoms. The standard InChI is InChI=1S/C15H31N3O3/c1-13(2)20-11-9-17(10-12-21-14(3)4)7-8-18-6-5-16-15(18)19/h13-14H,5-12H2,1-4H3,(H,16,19). The summed E-state index contributed by atoms with van der Waals surface area (Å²) in [4.78, 5) is 15.7. The summed E-state index contributed by atoms with van der Waals surface area (Å²) >= 11 is 0. The number of ether oxygens (including phenoxy) is 2. The van der Waals surface area contributed by atoms with Gasteiger partial charge in [0.1, 0.15) is 0 Å². The first kappa shape index (κ1) is 18.2. The maximum atomic E-state index is 11.5. The van der Waals surface area contributed by atoms with Crippen molar-refractivity contribution in [2.45, 2.75) is 39.9 Å². The van der Waals surface area contributed by atoms with Crippen LogP contribution in [0.4, 0.5) is 4.79 Å². The number of hydrogen-bond acceptors (Lipinski definition) is 4. The van der Waals surface area contributed by atoms with Crippen LogP contribution in [0.15, 0.2) is 0 Å². The van der Waals surface area contributed by atoms with Gasteiger partial charge in [0.25, 0.3) is 0 Å². The van der Waals surface area contributed by atoms with Crippen LogP contribution >= 0.6 is 0 Å². The number of hydrogen-bond donors (Lipinski definition) is 1. The molecule has 0 atom stereocenters. The van der Waals surface area contributed by atoms with Gasteiger partial charge in [0.15, 0.2) is 0 Å². The van der Waals surface area contributed by atoms with E-state index >= 15 is 0 Å². The lowest BCUT2D eigenvalue weighted by Gasteiger charge is -2.25. The minimum absolute atomic E-state index is 0.0480. The maximum Gasteiger partial charge on any atom is 0.317 e. The molecule has 0 aliphatic carbocycles. The minimum atomic E-state index is 0.0480. The molecule has 1 aliphatic heterocycles. The molecule has 0 unspecified atom stereocenters. The lowest BCUT2D eigenvalue weighted by molar-refractivity contribution is 0.0334. The van der Waals surface area contributed by atoms with E-state index in [1.165, 1.54) is 0 Å². The summed E-state index contributed by atoms with van der Waals surface area (Å²) < 4.78 is 11.2. The Morgan fingerprint density at radius 1 is 1.10 bits per heavy atom. The van der Waals surface area contributed by atoms with Crippen molar-refractivity contribution in [2.75, 3.05) is 52.5 Å². The zero-order valence-corrected chi connectivity index (χ0v) is 13.9. The van der Waals surface area contributed by atoms with E-state index < -0.39 is 0 Å². The first-order valence-corrected chi connectivity index (χ1v) is 7.97. The van der Waals surface area contributed by atoms with Gasteiger partial charge >= 0.3 is 6.03 Å². The van der Waals surface area contributed by atoms with Crippen LogP contribution in [0.3, 0.4) is 0 Å². The average Bonchev–Trinajstić information content (AvgIpc) is 2.80. The van der Waals surface area contributed by atoms with Crippen LogP contribution in [-0.4, -0.2) is 80.5 Å². The van der Waals surface area contributed by atoms with Gasteiger partial charge in [0.05, 0.1) is 25.4 Å². The third-order valence-electron chi connectivity index (χ3n) is 3.35. The second kappa shape index (κ2) is 9.97. The molecule has 0 aromatic carbocycles. The van der Waals surface area contributed by atoms with Gasteiger partial charge < -0.3 is 19.7 Å². The molecule has 124 valence electrons. The molecule has 0 aromatic rings. The molecule has 1 rings (SSSR count). The van der Waals surface area contributed by atoms with E-state index in [1.54, 1.807) is 0 Å². The Kier molecular flexibility index (Phi) is 8.64. The number of carbonyl (C=O) groups is 1. The predicted octanol–water partition coefficient (Wildman–Crippen LogP) is 1.16. The quantitative estimate of drug-likeness (QED) is 0.622. The number of urea groups is 1. The Balaban J connectivity index is 2.29. The molecule has 6 nitrogen and oxygen atoms in total. The van der Waals surface area contributed by atoms with Crippen molar-refractivity contribution in [1.82, 2.24) is 15.1 Å². The number of rotatable bonds is 11. The molecule has 0 aromatic heterocycles. The number of nitrogens with one attached hydrogen (secondary N) is 1. The van der Waals surface area contributed by atoms with Crippen LogP contribution in [0, 0.1) is 0 Å². The first-order valence-electron chi connectivity index (χ1n) is 7.97. The largest absolute Gasteiger partial charge is 0.377 e. The third-order valence-corrected chi connectivity index (χ3v) is 3.35. The van der Waals surface area contributed by atoms with Gasteiger partial charge in [-0.1, -0.05) is 0 Å². The SMILES string of the molecule is CC(C)OCCN(CCOC(C)C)CCN1CCNC1=O. The molecule has 0 spiro atoms. The van der Waals surface area contributed by atoms with Crippen molar-refractivity contribution in [3.63, 3.8) is 0 Å². The van der Waals surface area contributed by atoms with Gasteiger partial charge in [-0.2, -0.15) is 0 Å². The van der Waals surface area contributed by atoms with E-state index in [2.05, 4.69) is 10.2 Å². The van der Waals surface area contributed by atoms with Gasteiger partial charge in [0, 0.05) is 39.3 Å². The summed E-state index contributed by atoms with van der Waals surface area (Å²) in [5, 5.41) is 2.83. The molecular formula is C15H31N3O3. The van der Waals surface area contributed by atoms with Crippen LogP contribution in [0.25, 0.3) is 0 Å². The van der Waals surface area contributed by atoms with Crippen molar-refractivity contribution in [1.29, 1.82) is 0 Å². The van der Waals surface area contributed by atoms with E-state index in [-0.39, 0.29) is 18.2 Å². The summed E-state index contributed by atoms with van der Waals surface area (Å²) in [5.74, 6) is 0. The van der Waals surface area contributed by atoms with E-state index in [0.29, 0.717) is 13.2 Å². The maximum absolute atomic E-state index is 11.5. The van der Waals surface area contributed by atoms with E-state index in [4.69, 9.17) is 9.47 Å². The number of nitrogens with zero attached hydrogens (tertiary/aromatic N) is 2. The lowest BCUT2D eigenvalue weighted by Crippen LogP contribution is -2.40. The third kappa shape index (κ3) is 8.24. The minimum Gasteiger partial charge on any atom is -0.377 e. The molecule has 6 heteroatoms. The molecule has 1 saturated heterocycles. The zero-order chi connectivity index (χ0) is 15.7. The Bertz CT molecular complexity index is 284. The van der Waals surface area contributed by atoms with Crippen molar-refractivity contribution < 1.29 is 14.3 Å². The molecule has 2 amide bonds. The fourth-order valence-electron chi connectivity index (χ4n) is 2.16. The second-order valence-corrected chi connectivity index (χ2v) is 5.90. The van der Waals surface area contributed by atoms with Crippen LogP contribution in [0.5, 0.6) is 0 Å². The van der Waals surface area contributed by atoms with Crippen LogP contribution < -0.4 is 5.32 Å². The molecule has 0 radical (unpaired) electrons. The Morgan fingerprint density at radius 2 is 1.67 bits per heavy atom. The lowest BCUT2D eigenvalue weighted by atomic mass is 10.4. The summed E-state index contributed by atoms with van der Waals surface area (Å²) in [6, 6.07) is 0.0480. The van der Waals surface area contributed by atoms with Crippen molar-refractivity contribution in [3.8, 4) is 0 Å². The van der Waals surface area contributed by atoms with E-state index in [1.807, 2.05) is 32.6 Å². The van der Waals surface area contributed by atoms with Gasteiger partial charge in [-0.05, 0) is 27.7 Å². The summed E-state index contributed by atoms with van der Waals surface area (Å²) in [5.41, 5.74) is 0. The van der Waals surface area contributed by atoms with Gasteiger partial charge in [-0.15, -0.1) is 0 Å². The molecule has 1 aliphatic rings. The van der Waals surface area contributed by atoms with Crippen molar-refractivity contribution in [3.05, 3.63) is 0 Å². The molecule has 0 saturated carbocycles. The topological polar surface area (TPSA) is 54.0 Å². The highest BCUT2D eigenvalue weighted by Crippen LogP contribution is 1.99. The second-order valence-electron chi connectivity index (χ2n) is 5.90. The smallest absolute Gasteiger partial charge is 0.317 e. The van der Waals surface area contributed by atoms with Crippen LogP contribution in [0.2, 0.25) is 0 Å². The summed E-state index contributed by atoms with van der Waals surface area (Å²) in [6.07, 6.45) is 0.506. The van der Waals surface area contributed by atoms with Crippen molar-refractivity contribution >= 4 is 6.03 Å². The fourth-order valence-corrected chi connectivity index (χ4v) is 2.16. The van der Waals surface area contributed by atoms with Crippen LogP contribution in [0.1, 0.15) is 27.7 Å². The highest BCUT2D eigenvalue weighted by atomic mass is 16.5. The highest BCUT2D eigenvalue weighted by molar-refractivity contribution is 5.76. The molecule has 1 N–H and O–H groups in total. The molecule has 1 heterocycles. The Morgan fingerprint density at radius 3 is 2.10 bits per heavy atom. The normalized spacial score (nSPS) is 15.6. The highest BCUT2D eigenvalue weighted by Gasteiger charge is 2.19.